The second-order valence-corrected chi connectivity index (χ2v) is 8.30. The van der Waals surface area contributed by atoms with Gasteiger partial charge in [0.25, 0.3) is 0 Å². The molecule has 3 aromatic rings. The minimum atomic E-state index is -0.331. The third-order valence-electron chi connectivity index (χ3n) is 5.77. The van der Waals surface area contributed by atoms with Gasteiger partial charge in [0, 0.05) is 25.7 Å². The third kappa shape index (κ3) is 5.46. The smallest absolute Gasteiger partial charge is 0.306 e. The Kier molecular flexibility index (Phi) is 6.89. The molecule has 0 atom stereocenters. The minimum Gasteiger partial charge on any atom is -0.306 e. The molecule has 1 aromatic heterocycles. The zero-order valence-corrected chi connectivity index (χ0v) is 18.5. The van der Waals surface area contributed by atoms with Crippen LogP contribution in [0.15, 0.2) is 60.8 Å². The second kappa shape index (κ2) is 9.98. The molecule has 0 spiro atoms. The van der Waals surface area contributed by atoms with E-state index in [1.54, 1.807) is 18.3 Å². The van der Waals surface area contributed by atoms with Crippen LogP contribution in [0.2, 0.25) is 5.02 Å². The summed E-state index contributed by atoms with van der Waals surface area (Å²) in [5.41, 5.74) is 3.31. The summed E-state index contributed by atoms with van der Waals surface area (Å²) >= 11 is 6.13. The summed E-state index contributed by atoms with van der Waals surface area (Å²) in [7, 11) is 0. The van der Waals surface area contributed by atoms with Crippen LogP contribution in [-0.4, -0.2) is 33.8 Å². The lowest BCUT2D eigenvalue weighted by Gasteiger charge is -2.32. The summed E-state index contributed by atoms with van der Waals surface area (Å²) in [4.78, 5) is 14.9. The number of nitrogens with zero attached hydrogens (tertiary/aromatic N) is 3. The van der Waals surface area contributed by atoms with Crippen molar-refractivity contribution in [3.8, 4) is 0 Å². The summed E-state index contributed by atoms with van der Waals surface area (Å²) in [6.45, 7) is 5.16. The number of aryl methyl sites for hydroxylation is 1. The number of nitrogens with one attached hydrogen (secondary N) is 2. The zero-order chi connectivity index (χ0) is 21.6. The van der Waals surface area contributed by atoms with E-state index in [2.05, 4.69) is 51.8 Å². The number of benzene rings is 2. The Morgan fingerprint density at radius 3 is 2.45 bits per heavy atom. The van der Waals surface area contributed by atoms with Crippen LogP contribution >= 0.6 is 11.6 Å². The molecule has 0 bridgehead atoms. The molecule has 6 nitrogen and oxygen atoms in total. The van der Waals surface area contributed by atoms with Crippen molar-refractivity contribution in [2.45, 2.75) is 38.8 Å². The Labute approximate surface area is 188 Å². The number of rotatable bonds is 6. The molecule has 1 saturated heterocycles. The van der Waals surface area contributed by atoms with Gasteiger partial charge in [0.2, 0.25) is 0 Å². The van der Waals surface area contributed by atoms with E-state index in [0.29, 0.717) is 16.5 Å². The van der Waals surface area contributed by atoms with E-state index in [1.807, 2.05) is 22.9 Å². The number of hydrogen-bond donors (Lipinski definition) is 2. The number of hydrogen-bond acceptors (Lipinski definition) is 3. The first-order valence-electron chi connectivity index (χ1n) is 10.8. The first kappa shape index (κ1) is 21.4. The third-order valence-corrected chi connectivity index (χ3v) is 6.10. The number of aromatic nitrogens is 2. The van der Waals surface area contributed by atoms with E-state index in [4.69, 9.17) is 11.6 Å². The standard InChI is InChI=1S/C24H28ClN5O/c1-2-18-7-9-19(10-8-18)17-29-15-12-20(13-16-29)30-23(11-14-26-30)28-24(31)27-22-6-4-3-5-21(22)25/h3-11,14,20H,2,12-13,15-17H2,1H3,(H2,27,28,31). The number of piperidine rings is 1. The quantitative estimate of drug-likeness (QED) is 0.529. The molecular weight excluding hydrogens is 410 g/mol. The van der Waals surface area contributed by atoms with E-state index >= 15 is 0 Å². The van der Waals surface area contributed by atoms with Gasteiger partial charge in [0.1, 0.15) is 5.82 Å². The van der Waals surface area contributed by atoms with E-state index in [1.165, 1.54) is 11.1 Å². The van der Waals surface area contributed by atoms with E-state index < -0.39 is 0 Å². The van der Waals surface area contributed by atoms with Gasteiger partial charge in [-0.05, 0) is 42.5 Å². The summed E-state index contributed by atoms with van der Waals surface area (Å²) in [5.74, 6) is 0.693. The first-order chi connectivity index (χ1) is 15.1. The molecule has 1 aliphatic heterocycles. The highest BCUT2D eigenvalue weighted by Gasteiger charge is 2.23. The first-order valence-corrected chi connectivity index (χ1v) is 11.2. The molecule has 7 heteroatoms. The number of likely N-dealkylation sites (tertiary alicyclic amines) is 1. The summed E-state index contributed by atoms with van der Waals surface area (Å²) in [6.07, 6.45) is 4.79. The van der Waals surface area contributed by atoms with Crippen LogP contribution in [0, 0.1) is 0 Å². The Bertz CT molecular complexity index is 1010. The lowest BCUT2D eigenvalue weighted by Crippen LogP contribution is -2.35. The molecule has 2 aromatic carbocycles. The average Bonchev–Trinajstić information content (AvgIpc) is 3.24. The molecular formula is C24H28ClN5O. The van der Waals surface area contributed by atoms with Crippen LogP contribution < -0.4 is 10.6 Å². The summed E-state index contributed by atoms with van der Waals surface area (Å²) < 4.78 is 1.93. The monoisotopic (exact) mass is 437 g/mol. The van der Waals surface area contributed by atoms with E-state index in [-0.39, 0.29) is 12.1 Å². The topological polar surface area (TPSA) is 62.2 Å². The van der Waals surface area contributed by atoms with Crippen molar-refractivity contribution in [1.82, 2.24) is 14.7 Å². The maximum absolute atomic E-state index is 12.4. The Morgan fingerprint density at radius 2 is 1.74 bits per heavy atom. The molecule has 1 aliphatic rings. The van der Waals surface area contributed by atoms with Crippen LogP contribution in [0.25, 0.3) is 0 Å². The van der Waals surface area contributed by atoms with Crippen molar-refractivity contribution in [2.75, 3.05) is 23.7 Å². The predicted molar refractivity (Wildman–Crippen MR) is 126 cm³/mol. The number of carbonyl (C=O) groups excluding carboxylic acids is 1. The lowest BCUT2D eigenvalue weighted by molar-refractivity contribution is 0.174. The van der Waals surface area contributed by atoms with Crippen LogP contribution in [0.1, 0.15) is 36.9 Å². The predicted octanol–water partition coefficient (Wildman–Crippen LogP) is 5.58. The van der Waals surface area contributed by atoms with Crippen molar-refractivity contribution in [3.05, 3.63) is 76.9 Å². The van der Waals surface area contributed by atoms with Crippen molar-refractivity contribution in [3.63, 3.8) is 0 Å². The normalized spacial score (nSPS) is 15.0. The Morgan fingerprint density at radius 1 is 1.03 bits per heavy atom. The van der Waals surface area contributed by atoms with Gasteiger partial charge < -0.3 is 5.32 Å². The average molecular weight is 438 g/mol. The SMILES string of the molecule is CCc1ccc(CN2CCC(n3nccc3NC(=O)Nc3ccccc3Cl)CC2)cc1. The highest BCUT2D eigenvalue weighted by molar-refractivity contribution is 6.33. The van der Waals surface area contributed by atoms with Crippen LogP contribution in [0.4, 0.5) is 16.3 Å². The van der Waals surface area contributed by atoms with Gasteiger partial charge >= 0.3 is 6.03 Å². The molecule has 0 radical (unpaired) electrons. The number of amides is 2. The Balaban J connectivity index is 1.32. The molecule has 0 aliphatic carbocycles. The van der Waals surface area contributed by atoms with Gasteiger partial charge in [-0.2, -0.15) is 5.10 Å². The van der Waals surface area contributed by atoms with Crippen LogP contribution in [-0.2, 0) is 13.0 Å². The molecule has 2 heterocycles. The van der Waals surface area contributed by atoms with Gasteiger partial charge in [-0.25, -0.2) is 9.48 Å². The van der Waals surface area contributed by atoms with Crippen molar-refractivity contribution >= 4 is 29.1 Å². The molecule has 2 N–H and O–H groups in total. The molecule has 1 fully saturated rings. The number of para-hydroxylation sites is 1. The van der Waals surface area contributed by atoms with Crippen LogP contribution in [0.3, 0.4) is 0 Å². The maximum atomic E-state index is 12.4. The largest absolute Gasteiger partial charge is 0.324 e. The fourth-order valence-electron chi connectivity index (χ4n) is 4.00. The molecule has 4 rings (SSSR count). The number of anilines is 2. The highest BCUT2D eigenvalue weighted by atomic mass is 35.5. The van der Waals surface area contributed by atoms with Gasteiger partial charge in [0.05, 0.1) is 22.9 Å². The lowest BCUT2D eigenvalue weighted by atomic mass is 10.0. The van der Waals surface area contributed by atoms with E-state index in [9.17, 15) is 4.79 Å². The number of carbonyl (C=O) groups is 1. The highest BCUT2D eigenvalue weighted by Crippen LogP contribution is 2.27. The van der Waals surface area contributed by atoms with Gasteiger partial charge in [-0.3, -0.25) is 10.2 Å². The van der Waals surface area contributed by atoms with Crippen LogP contribution in [0.5, 0.6) is 0 Å². The molecule has 0 saturated carbocycles. The van der Waals surface area contributed by atoms with Gasteiger partial charge in [-0.1, -0.05) is 54.9 Å². The maximum Gasteiger partial charge on any atom is 0.324 e. The number of halogens is 1. The Hall–Kier alpha value is -2.83. The van der Waals surface area contributed by atoms with Gasteiger partial charge in [-0.15, -0.1) is 0 Å². The van der Waals surface area contributed by atoms with Gasteiger partial charge in [0.15, 0.2) is 0 Å². The van der Waals surface area contributed by atoms with Crippen molar-refractivity contribution < 1.29 is 4.79 Å². The molecule has 0 unspecified atom stereocenters. The fourth-order valence-corrected chi connectivity index (χ4v) is 4.18. The molecule has 31 heavy (non-hydrogen) atoms. The summed E-state index contributed by atoms with van der Waals surface area (Å²) in [6, 6.07) is 17.8. The van der Waals surface area contributed by atoms with E-state index in [0.717, 1.165) is 38.9 Å². The number of urea groups is 1. The molecule has 162 valence electrons. The zero-order valence-electron chi connectivity index (χ0n) is 17.7. The van der Waals surface area contributed by atoms with Crippen molar-refractivity contribution in [1.29, 1.82) is 0 Å². The fraction of sp³-hybridized carbons (Fsp3) is 0.333. The second-order valence-electron chi connectivity index (χ2n) is 7.90. The summed E-state index contributed by atoms with van der Waals surface area (Å²) in [5, 5.41) is 10.7. The minimum absolute atomic E-state index is 0.268. The van der Waals surface area contributed by atoms with Crippen molar-refractivity contribution in [2.24, 2.45) is 0 Å². The molecule has 2 amide bonds.